The summed E-state index contributed by atoms with van der Waals surface area (Å²) in [5.41, 5.74) is 15.9. The Morgan fingerprint density at radius 2 is 1.80 bits per heavy atom. The maximum absolute atomic E-state index is 12.3. The summed E-state index contributed by atoms with van der Waals surface area (Å²) in [5.74, 6) is -2.38. The van der Waals surface area contributed by atoms with Gasteiger partial charge in [0.2, 0.25) is 11.9 Å². The predicted molar refractivity (Wildman–Crippen MR) is 74.8 cm³/mol. The Labute approximate surface area is 115 Å². The van der Waals surface area contributed by atoms with Gasteiger partial charge in [-0.3, -0.25) is 15.0 Å². The highest BCUT2D eigenvalue weighted by atomic mass is 16.2. The van der Waals surface area contributed by atoms with Crippen LogP contribution in [0.5, 0.6) is 0 Å². The van der Waals surface area contributed by atoms with E-state index in [0.717, 1.165) is 0 Å². The minimum absolute atomic E-state index is 0.0481. The number of guanidine groups is 2. The van der Waals surface area contributed by atoms with Crippen LogP contribution in [0.2, 0.25) is 0 Å². The summed E-state index contributed by atoms with van der Waals surface area (Å²) in [6.07, 6.45) is -0.0963. The molecule has 1 aromatic carbocycles. The molecule has 1 aromatic rings. The molecule has 0 fully saturated rings. The predicted octanol–water partition coefficient (Wildman–Crippen LogP) is -0.788. The van der Waals surface area contributed by atoms with Crippen molar-refractivity contribution in [2.24, 2.45) is 22.2 Å². The van der Waals surface area contributed by atoms with Crippen molar-refractivity contribution in [3.8, 4) is 0 Å². The first-order chi connectivity index (χ1) is 9.47. The van der Waals surface area contributed by atoms with Crippen molar-refractivity contribution >= 4 is 23.7 Å². The number of carbonyl (C=O) groups excluding carboxylic acids is 2. The topological polar surface area (TPSA) is 152 Å². The van der Waals surface area contributed by atoms with Gasteiger partial charge in [0.1, 0.15) is 0 Å². The zero-order valence-corrected chi connectivity index (χ0v) is 10.7. The molecule has 8 heteroatoms. The van der Waals surface area contributed by atoms with Gasteiger partial charge in [-0.05, 0) is 12.1 Å². The molecule has 106 valence electrons. The van der Waals surface area contributed by atoms with Crippen LogP contribution >= 0.6 is 0 Å². The molecule has 7 N–H and O–H groups in total. The second kappa shape index (κ2) is 7.00. The van der Waals surface area contributed by atoms with Crippen molar-refractivity contribution in [1.82, 2.24) is 4.90 Å². The Kier molecular flexibility index (Phi) is 5.36. The fourth-order valence-corrected chi connectivity index (χ4v) is 1.44. The number of hydrogen-bond donors (Lipinski definition) is 4. The van der Waals surface area contributed by atoms with Crippen molar-refractivity contribution in [1.29, 1.82) is 5.41 Å². The van der Waals surface area contributed by atoms with E-state index in [1.165, 1.54) is 12.1 Å². The fourth-order valence-electron chi connectivity index (χ4n) is 1.44. The zero-order chi connectivity index (χ0) is 15.1. The van der Waals surface area contributed by atoms with Gasteiger partial charge in [0.15, 0.2) is 5.96 Å². The van der Waals surface area contributed by atoms with E-state index in [-0.39, 0.29) is 18.5 Å². The summed E-state index contributed by atoms with van der Waals surface area (Å²) >= 11 is 0. The van der Waals surface area contributed by atoms with Gasteiger partial charge in [0, 0.05) is 18.5 Å². The minimum Gasteiger partial charge on any atom is -0.370 e. The quantitative estimate of drug-likeness (QED) is 0.421. The molecule has 0 bridgehead atoms. The summed E-state index contributed by atoms with van der Waals surface area (Å²) < 4.78 is 0. The lowest BCUT2D eigenvalue weighted by Gasteiger charge is -2.18. The van der Waals surface area contributed by atoms with Gasteiger partial charge in [-0.1, -0.05) is 18.2 Å². The molecule has 20 heavy (non-hydrogen) atoms. The van der Waals surface area contributed by atoms with E-state index in [4.69, 9.17) is 22.6 Å². The lowest BCUT2D eigenvalue weighted by Crippen LogP contribution is -2.42. The molecular weight excluding hydrogens is 260 g/mol. The van der Waals surface area contributed by atoms with Crippen LogP contribution in [0.25, 0.3) is 0 Å². The van der Waals surface area contributed by atoms with Crippen LogP contribution < -0.4 is 17.2 Å². The molecular formula is C12H16N6O2. The first-order valence-corrected chi connectivity index (χ1v) is 5.78. The van der Waals surface area contributed by atoms with Crippen LogP contribution in [-0.2, 0) is 4.79 Å². The summed E-state index contributed by atoms with van der Waals surface area (Å²) in [5, 5.41) is 7.66. The smallest absolute Gasteiger partial charge is 0.267 e. The number of nitrogens with zero attached hydrogens (tertiary/aromatic N) is 2. The molecule has 0 saturated carbocycles. The highest BCUT2D eigenvalue weighted by Crippen LogP contribution is 2.07. The van der Waals surface area contributed by atoms with Crippen LogP contribution in [0.4, 0.5) is 0 Å². The second-order valence-electron chi connectivity index (χ2n) is 3.80. The second-order valence-corrected chi connectivity index (χ2v) is 3.80. The fraction of sp³-hybridized carbons (Fsp3) is 0.167. The number of amides is 2. The average Bonchev–Trinajstić information content (AvgIpc) is 2.39. The molecule has 0 aliphatic heterocycles. The highest BCUT2D eigenvalue weighted by molar-refractivity contribution is 6.17. The standard InChI is InChI=1S/C12H16N6O2/c13-7-6-9(19)18(12(16)17-11(14)15)10(20)8-4-2-1-3-5-8/h1-5H,6-7,13H2,(H5,14,15,16,17). The van der Waals surface area contributed by atoms with Crippen molar-refractivity contribution in [3.63, 3.8) is 0 Å². The number of benzene rings is 1. The number of carbonyl (C=O) groups is 2. The number of imide groups is 1. The number of rotatable bonds is 3. The van der Waals surface area contributed by atoms with Crippen LogP contribution in [0, 0.1) is 5.41 Å². The minimum atomic E-state index is -0.681. The molecule has 2 amide bonds. The molecule has 0 atom stereocenters. The summed E-state index contributed by atoms with van der Waals surface area (Å²) in [7, 11) is 0. The van der Waals surface area contributed by atoms with Crippen molar-refractivity contribution in [2.75, 3.05) is 6.54 Å². The van der Waals surface area contributed by atoms with E-state index in [9.17, 15) is 9.59 Å². The number of hydrogen-bond acceptors (Lipinski definition) is 4. The Hall–Kier alpha value is -2.74. The van der Waals surface area contributed by atoms with Gasteiger partial charge in [0.25, 0.3) is 5.91 Å². The van der Waals surface area contributed by atoms with Gasteiger partial charge in [-0.2, -0.15) is 4.99 Å². The van der Waals surface area contributed by atoms with Gasteiger partial charge in [0.05, 0.1) is 0 Å². The molecule has 0 heterocycles. The summed E-state index contributed by atoms with van der Waals surface area (Å²) in [6.45, 7) is 0.0481. The van der Waals surface area contributed by atoms with Crippen LogP contribution in [0.1, 0.15) is 16.8 Å². The summed E-state index contributed by atoms with van der Waals surface area (Å²) in [6, 6.07) is 8.05. The van der Waals surface area contributed by atoms with Crippen molar-refractivity contribution in [3.05, 3.63) is 35.9 Å². The monoisotopic (exact) mass is 276 g/mol. The van der Waals surface area contributed by atoms with Crippen LogP contribution in [-0.4, -0.2) is 35.2 Å². The molecule has 1 rings (SSSR count). The van der Waals surface area contributed by atoms with Crippen molar-refractivity contribution < 1.29 is 9.59 Å². The normalized spacial score (nSPS) is 9.65. The molecule has 0 aliphatic carbocycles. The Bertz CT molecular complexity index is 536. The molecule has 0 aromatic heterocycles. The number of nitrogens with one attached hydrogen (secondary N) is 1. The first kappa shape index (κ1) is 15.3. The first-order valence-electron chi connectivity index (χ1n) is 5.78. The Balaban J connectivity index is 3.11. The maximum atomic E-state index is 12.3. The Morgan fingerprint density at radius 3 is 2.30 bits per heavy atom. The summed E-state index contributed by atoms with van der Waals surface area (Å²) in [4.78, 5) is 28.2. The number of nitrogens with two attached hydrogens (primary N) is 3. The lowest BCUT2D eigenvalue weighted by atomic mass is 10.2. The van der Waals surface area contributed by atoms with Gasteiger partial charge >= 0.3 is 0 Å². The Morgan fingerprint density at radius 1 is 1.20 bits per heavy atom. The molecule has 0 spiro atoms. The van der Waals surface area contributed by atoms with E-state index in [2.05, 4.69) is 4.99 Å². The van der Waals surface area contributed by atoms with E-state index in [1.807, 2.05) is 0 Å². The highest BCUT2D eigenvalue weighted by Gasteiger charge is 2.26. The van der Waals surface area contributed by atoms with Gasteiger partial charge in [-0.15, -0.1) is 0 Å². The van der Waals surface area contributed by atoms with E-state index >= 15 is 0 Å². The van der Waals surface area contributed by atoms with Crippen LogP contribution in [0.15, 0.2) is 35.3 Å². The maximum Gasteiger partial charge on any atom is 0.267 e. The third-order valence-electron chi connectivity index (χ3n) is 2.28. The van der Waals surface area contributed by atoms with E-state index in [1.54, 1.807) is 18.2 Å². The van der Waals surface area contributed by atoms with Crippen LogP contribution in [0.3, 0.4) is 0 Å². The largest absolute Gasteiger partial charge is 0.370 e. The van der Waals surface area contributed by atoms with E-state index < -0.39 is 23.7 Å². The zero-order valence-electron chi connectivity index (χ0n) is 10.7. The third kappa shape index (κ3) is 3.89. The van der Waals surface area contributed by atoms with E-state index in [0.29, 0.717) is 4.90 Å². The molecule has 0 aliphatic rings. The number of aliphatic imine (C=N–C) groups is 1. The van der Waals surface area contributed by atoms with Gasteiger partial charge in [-0.25, -0.2) is 4.90 Å². The lowest BCUT2D eigenvalue weighted by molar-refractivity contribution is -0.125. The molecule has 0 unspecified atom stereocenters. The molecule has 0 radical (unpaired) electrons. The SMILES string of the molecule is N=C(N=C(N)N)N(C(=O)CCN)C(=O)c1ccccc1. The molecule has 8 nitrogen and oxygen atoms in total. The average molecular weight is 276 g/mol. The molecule has 0 saturated heterocycles. The van der Waals surface area contributed by atoms with Crippen molar-refractivity contribution in [2.45, 2.75) is 6.42 Å². The van der Waals surface area contributed by atoms with Gasteiger partial charge < -0.3 is 17.2 Å². The third-order valence-corrected chi connectivity index (χ3v) is 2.28.